The van der Waals surface area contributed by atoms with E-state index in [-0.39, 0.29) is 11.9 Å². The Bertz CT molecular complexity index is 1020. The van der Waals surface area contributed by atoms with Crippen LogP contribution in [0.5, 0.6) is 23.0 Å². The molecule has 1 aliphatic rings. The van der Waals surface area contributed by atoms with E-state index in [4.69, 9.17) is 18.9 Å². The molecule has 1 unspecified atom stereocenters. The van der Waals surface area contributed by atoms with E-state index in [0.717, 1.165) is 34.1 Å². The van der Waals surface area contributed by atoms with Gasteiger partial charge < -0.3 is 18.9 Å². The van der Waals surface area contributed by atoms with E-state index >= 15 is 0 Å². The number of carbonyl (C=O) groups excluding carboxylic acids is 1. The molecule has 1 atom stereocenters. The lowest BCUT2D eigenvalue weighted by Gasteiger charge is -2.13. The fourth-order valence-electron chi connectivity index (χ4n) is 3.56. The van der Waals surface area contributed by atoms with Crippen molar-refractivity contribution >= 4 is 5.97 Å². The standard InChI is InChI=1S/C26H26O5/c1-2-28-26(27)21-13-14-29-25-17-23(12-11-20(25)16-21)30-18-19-7-6-10-24(15-19)31-22-8-4-3-5-9-22/h3-12,15,17,21H,2,13-14,16,18H2,1H3. The highest BCUT2D eigenvalue weighted by Crippen LogP contribution is 2.31. The highest BCUT2D eigenvalue weighted by molar-refractivity contribution is 5.73. The molecule has 0 saturated carbocycles. The summed E-state index contributed by atoms with van der Waals surface area (Å²) in [7, 11) is 0. The lowest BCUT2D eigenvalue weighted by atomic mass is 9.97. The number of hydrogen-bond acceptors (Lipinski definition) is 5. The van der Waals surface area contributed by atoms with Crippen molar-refractivity contribution in [3.8, 4) is 23.0 Å². The summed E-state index contributed by atoms with van der Waals surface area (Å²) in [5.74, 6) is 2.73. The zero-order valence-electron chi connectivity index (χ0n) is 17.6. The van der Waals surface area contributed by atoms with Gasteiger partial charge in [-0.15, -0.1) is 0 Å². The third kappa shape index (κ3) is 5.57. The summed E-state index contributed by atoms with van der Waals surface area (Å²) in [5.41, 5.74) is 2.01. The maximum absolute atomic E-state index is 12.1. The maximum Gasteiger partial charge on any atom is 0.309 e. The fourth-order valence-corrected chi connectivity index (χ4v) is 3.56. The first-order chi connectivity index (χ1) is 15.2. The number of ether oxygens (including phenoxy) is 4. The average Bonchev–Trinajstić information content (AvgIpc) is 3.01. The third-order valence-electron chi connectivity index (χ3n) is 5.13. The Morgan fingerprint density at radius 3 is 2.65 bits per heavy atom. The molecule has 0 spiro atoms. The number of rotatable bonds is 7. The molecule has 0 radical (unpaired) electrons. The zero-order chi connectivity index (χ0) is 21.5. The van der Waals surface area contributed by atoms with E-state index < -0.39 is 0 Å². The number of fused-ring (bicyclic) bond motifs is 1. The summed E-state index contributed by atoms with van der Waals surface area (Å²) in [6, 6.07) is 23.3. The molecule has 3 aromatic rings. The number of carbonyl (C=O) groups is 1. The van der Waals surface area contributed by atoms with Gasteiger partial charge >= 0.3 is 5.97 Å². The van der Waals surface area contributed by atoms with E-state index in [9.17, 15) is 4.79 Å². The van der Waals surface area contributed by atoms with Crippen molar-refractivity contribution in [2.24, 2.45) is 5.92 Å². The highest BCUT2D eigenvalue weighted by atomic mass is 16.5. The van der Waals surface area contributed by atoms with Gasteiger partial charge in [0.05, 0.1) is 19.1 Å². The van der Waals surface area contributed by atoms with Crippen molar-refractivity contribution in [3.63, 3.8) is 0 Å². The predicted molar refractivity (Wildman–Crippen MR) is 118 cm³/mol. The van der Waals surface area contributed by atoms with E-state index in [1.165, 1.54) is 0 Å². The SMILES string of the molecule is CCOC(=O)C1CCOc2cc(OCc3cccc(Oc4ccccc4)c3)ccc2C1. The largest absolute Gasteiger partial charge is 0.493 e. The molecule has 0 bridgehead atoms. The summed E-state index contributed by atoms with van der Waals surface area (Å²) < 4.78 is 22.9. The molecule has 5 nitrogen and oxygen atoms in total. The van der Waals surface area contributed by atoms with Gasteiger partial charge in [-0.05, 0) is 61.2 Å². The predicted octanol–water partition coefficient (Wildman–Crippen LogP) is 5.56. The zero-order valence-corrected chi connectivity index (χ0v) is 17.6. The van der Waals surface area contributed by atoms with Crippen LogP contribution in [0.4, 0.5) is 0 Å². The van der Waals surface area contributed by atoms with Crippen LogP contribution in [-0.4, -0.2) is 19.2 Å². The highest BCUT2D eigenvalue weighted by Gasteiger charge is 2.25. The molecule has 0 aliphatic carbocycles. The minimum atomic E-state index is -0.166. The smallest absolute Gasteiger partial charge is 0.309 e. The van der Waals surface area contributed by atoms with Gasteiger partial charge in [0.1, 0.15) is 29.6 Å². The van der Waals surface area contributed by atoms with Crippen LogP contribution in [0, 0.1) is 5.92 Å². The molecule has 160 valence electrons. The molecule has 0 amide bonds. The Morgan fingerprint density at radius 1 is 0.968 bits per heavy atom. The van der Waals surface area contributed by atoms with Crippen molar-refractivity contribution in [2.75, 3.05) is 13.2 Å². The van der Waals surface area contributed by atoms with Crippen molar-refractivity contribution < 1.29 is 23.7 Å². The quantitative estimate of drug-likeness (QED) is 0.470. The van der Waals surface area contributed by atoms with Crippen LogP contribution >= 0.6 is 0 Å². The molecule has 0 saturated heterocycles. The second kappa shape index (κ2) is 10.0. The normalized spacial score (nSPS) is 15.2. The number of hydrogen-bond donors (Lipinski definition) is 0. The van der Waals surface area contributed by atoms with Crippen LogP contribution in [0.3, 0.4) is 0 Å². The van der Waals surface area contributed by atoms with E-state index in [0.29, 0.717) is 32.7 Å². The summed E-state index contributed by atoms with van der Waals surface area (Å²) in [6.07, 6.45) is 1.27. The Hall–Kier alpha value is -3.47. The molecule has 5 heteroatoms. The molecule has 3 aromatic carbocycles. The van der Waals surface area contributed by atoms with Crippen molar-refractivity contribution in [1.29, 1.82) is 0 Å². The van der Waals surface area contributed by atoms with Gasteiger partial charge in [-0.1, -0.05) is 36.4 Å². The second-order valence-electron chi connectivity index (χ2n) is 7.41. The van der Waals surface area contributed by atoms with Gasteiger partial charge in [-0.3, -0.25) is 4.79 Å². The molecule has 1 aliphatic heterocycles. The molecular weight excluding hydrogens is 392 g/mol. The lowest BCUT2D eigenvalue weighted by Crippen LogP contribution is -2.20. The lowest BCUT2D eigenvalue weighted by molar-refractivity contribution is -0.148. The van der Waals surface area contributed by atoms with Crippen LogP contribution in [0.25, 0.3) is 0 Å². The second-order valence-corrected chi connectivity index (χ2v) is 7.41. The topological polar surface area (TPSA) is 54.0 Å². The van der Waals surface area contributed by atoms with Gasteiger partial charge in [0.2, 0.25) is 0 Å². The first kappa shape index (κ1) is 20.8. The van der Waals surface area contributed by atoms with Crippen LogP contribution < -0.4 is 14.2 Å². The minimum absolute atomic E-state index is 0.156. The van der Waals surface area contributed by atoms with Gasteiger partial charge in [0, 0.05) is 6.07 Å². The molecule has 1 heterocycles. The van der Waals surface area contributed by atoms with Crippen molar-refractivity contribution in [1.82, 2.24) is 0 Å². The fraction of sp³-hybridized carbons (Fsp3) is 0.269. The van der Waals surface area contributed by atoms with Gasteiger partial charge in [0.15, 0.2) is 0 Å². The molecular formula is C26H26O5. The van der Waals surface area contributed by atoms with Gasteiger partial charge in [-0.2, -0.15) is 0 Å². The van der Waals surface area contributed by atoms with Crippen LogP contribution in [0.2, 0.25) is 0 Å². The van der Waals surface area contributed by atoms with Crippen LogP contribution in [-0.2, 0) is 22.6 Å². The van der Waals surface area contributed by atoms with Gasteiger partial charge in [0.25, 0.3) is 0 Å². The van der Waals surface area contributed by atoms with Crippen molar-refractivity contribution in [3.05, 3.63) is 83.9 Å². The van der Waals surface area contributed by atoms with Gasteiger partial charge in [-0.25, -0.2) is 0 Å². The third-order valence-corrected chi connectivity index (χ3v) is 5.13. The number of esters is 1. The number of para-hydroxylation sites is 1. The summed E-state index contributed by atoms with van der Waals surface area (Å²) in [4.78, 5) is 12.1. The number of benzene rings is 3. The van der Waals surface area contributed by atoms with Crippen molar-refractivity contribution in [2.45, 2.75) is 26.4 Å². The maximum atomic E-state index is 12.1. The molecule has 0 N–H and O–H groups in total. The van der Waals surface area contributed by atoms with E-state index in [2.05, 4.69) is 0 Å². The Balaban J connectivity index is 1.39. The van der Waals surface area contributed by atoms with E-state index in [1.54, 1.807) is 0 Å². The summed E-state index contributed by atoms with van der Waals surface area (Å²) in [6.45, 7) is 3.12. The Morgan fingerprint density at radius 2 is 1.81 bits per heavy atom. The van der Waals surface area contributed by atoms with Crippen LogP contribution in [0.15, 0.2) is 72.8 Å². The molecule has 0 fully saturated rings. The average molecular weight is 418 g/mol. The van der Waals surface area contributed by atoms with Crippen LogP contribution in [0.1, 0.15) is 24.5 Å². The Labute approximate surface area is 182 Å². The first-order valence-corrected chi connectivity index (χ1v) is 10.6. The monoisotopic (exact) mass is 418 g/mol. The minimum Gasteiger partial charge on any atom is -0.493 e. The molecule has 31 heavy (non-hydrogen) atoms. The van der Waals surface area contributed by atoms with E-state index in [1.807, 2.05) is 79.7 Å². The summed E-state index contributed by atoms with van der Waals surface area (Å²) >= 11 is 0. The molecule has 0 aromatic heterocycles. The molecule has 4 rings (SSSR count). The Kier molecular flexibility index (Phi) is 6.72. The summed E-state index contributed by atoms with van der Waals surface area (Å²) in [5, 5.41) is 0. The first-order valence-electron chi connectivity index (χ1n) is 10.6.